The average Bonchev–Trinajstić information content (AvgIpc) is 2.96. The number of benzene rings is 1. The second-order valence-electron chi connectivity index (χ2n) is 9.77. The third kappa shape index (κ3) is 6.20. The summed E-state index contributed by atoms with van der Waals surface area (Å²) in [6, 6.07) is 12.7. The van der Waals surface area contributed by atoms with Gasteiger partial charge in [-0.1, -0.05) is 38.6 Å². The highest BCUT2D eigenvalue weighted by molar-refractivity contribution is 5.94. The van der Waals surface area contributed by atoms with Crippen LogP contribution in [0.5, 0.6) is 0 Å². The summed E-state index contributed by atoms with van der Waals surface area (Å²) in [6.07, 6.45) is 4.72. The van der Waals surface area contributed by atoms with E-state index in [0.29, 0.717) is 23.4 Å². The highest BCUT2D eigenvalue weighted by Crippen LogP contribution is 2.26. The van der Waals surface area contributed by atoms with Crippen LogP contribution in [0.3, 0.4) is 0 Å². The van der Waals surface area contributed by atoms with Gasteiger partial charge < -0.3 is 9.80 Å². The predicted molar refractivity (Wildman–Crippen MR) is 161 cm³/mol. The molecule has 0 saturated heterocycles. The molecule has 3 rings (SSSR count). The van der Waals surface area contributed by atoms with E-state index in [1.54, 1.807) is 19.1 Å². The molecule has 0 saturated carbocycles. The molecule has 1 atom stereocenters. The molecule has 2 heterocycles. The maximum Gasteiger partial charge on any atom is 0.137 e. The molecular formula is C33H40FN5. The number of hydrogen-bond donors (Lipinski definition) is 0. The van der Waals surface area contributed by atoms with Crippen LogP contribution < -0.4 is 10.6 Å². The van der Waals surface area contributed by atoms with Crippen molar-refractivity contribution in [3.05, 3.63) is 88.3 Å². The number of nitriles is 1. The largest absolute Gasteiger partial charge is 0.352 e. The number of aromatic nitrogens is 1. The van der Waals surface area contributed by atoms with E-state index in [1.165, 1.54) is 17.7 Å². The number of allylic oxidation sites excluding steroid dienone is 4. The summed E-state index contributed by atoms with van der Waals surface area (Å²) in [4.78, 5) is 15.0. The van der Waals surface area contributed by atoms with Crippen LogP contribution in [0, 0.1) is 23.1 Å². The van der Waals surface area contributed by atoms with Crippen LogP contribution in [0.25, 0.3) is 22.7 Å². The Labute approximate surface area is 232 Å². The average molecular weight is 526 g/mol. The molecule has 39 heavy (non-hydrogen) atoms. The fourth-order valence-electron chi connectivity index (χ4n) is 4.84. The smallest absolute Gasteiger partial charge is 0.137 e. The van der Waals surface area contributed by atoms with Crippen molar-refractivity contribution in [3.8, 4) is 6.07 Å². The van der Waals surface area contributed by atoms with Gasteiger partial charge in [-0.3, -0.25) is 0 Å². The summed E-state index contributed by atoms with van der Waals surface area (Å²) in [5.41, 5.74) is 4.86. The summed E-state index contributed by atoms with van der Waals surface area (Å²) in [5.74, 6) is 1.63. The van der Waals surface area contributed by atoms with Gasteiger partial charge in [0.2, 0.25) is 0 Å². The van der Waals surface area contributed by atoms with Crippen LogP contribution in [0.4, 0.5) is 4.39 Å². The summed E-state index contributed by atoms with van der Waals surface area (Å²) in [7, 11) is 0. The number of rotatable bonds is 9. The Kier molecular flexibility index (Phi) is 10.0. The minimum atomic E-state index is -0.324. The summed E-state index contributed by atoms with van der Waals surface area (Å²) in [6.45, 7) is 20.7. The minimum absolute atomic E-state index is 0.0935. The zero-order valence-corrected chi connectivity index (χ0v) is 24.3. The Balaban J connectivity index is 2.42. The molecule has 0 radical (unpaired) electrons. The third-order valence-electron chi connectivity index (χ3n) is 7.27. The first kappa shape index (κ1) is 29.6. The summed E-state index contributed by atoms with van der Waals surface area (Å²) < 4.78 is 13.7. The normalized spacial score (nSPS) is 15.4. The van der Waals surface area contributed by atoms with E-state index in [0.717, 1.165) is 53.0 Å². The van der Waals surface area contributed by atoms with Gasteiger partial charge >= 0.3 is 0 Å². The van der Waals surface area contributed by atoms with Crippen molar-refractivity contribution in [2.24, 2.45) is 10.9 Å². The zero-order chi connectivity index (χ0) is 28.7. The van der Waals surface area contributed by atoms with E-state index in [1.807, 2.05) is 19.1 Å². The number of pyridine rings is 1. The number of fused-ring (bicyclic) bond motifs is 1. The monoisotopic (exact) mass is 525 g/mol. The fraction of sp³-hybridized carbons (Fsp3) is 0.364. The van der Waals surface area contributed by atoms with Crippen LogP contribution >= 0.6 is 0 Å². The molecule has 0 amide bonds. The van der Waals surface area contributed by atoms with E-state index >= 15 is 0 Å². The Hall–Kier alpha value is -3.98. The van der Waals surface area contributed by atoms with E-state index in [4.69, 9.17) is 9.98 Å². The van der Waals surface area contributed by atoms with E-state index in [2.05, 4.69) is 69.2 Å². The number of halogens is 1. The summed E-state index contributed by atoms with van der Waals surface area (Å²) >= 11 is 0. The van der Waals surface area contributed by atoms with E-state index in [9.17, 15) is 9.65 Å². The highest BCUT2D eigenvalue weighted by Gasteiger charge is 2.28. The SMILES string of the molecule is C=C/C(=C\C)c1ccc2c(n1)=C(N(CC)/C(=N/C(=C(\C)C#N)c1ccc(F)cc1)C(C)CC)N(CC)CC=2C. The molecule has 1 aliphatic heterocycles. The molecule has 0 bridgehead atoms. The van der Waals surface area contributed by atoms with Crippen LogP contribution in [0.2, 0.25) is 0 Å². The molecule has 1 aromatic carbocycles. The van der Waals surface area contributed by atoms with Gasteiger partial charge in [-0.2, -0.15) is 5.26 Å². The van der Waals surface area contributed by atoms with Gasteiger partial charge in [-0.15, -0.1) is 0 Å². The lowest BCUT2D eigenvalue weighted by Gasteiger charge is -2.39. The lowest BCUT2D eigenvalue weighted by atomic mass is 10.0. The molecule has 6 heteroatoms. The van der Waals surface area contributed by atoms with Gasteiger partial charge in [0.15, 0.2) is 0 Å². The van der Waals surface area contributed by atoms with Crippen LogP contribution in [-0.4, -0.2) is 40.3 Å². The van der Waals surface area contributed by atoms with E-state index in [-0.39, 0.29) is 11.7 Å². The Morgan fingerprint density at radius 1 is 1.23 bits per heavy atom. The molecule has 1 aromatic heterocycles. The fourth-order valence-corrected chi connectivity index (χ4v) is 4.84. The van der Waals surface area contributed by atoms with Crippen LogP contribution in [0.1, 0.15) is 66.1 Å². The van der Waals surface area contributed by atoms with Crippen molar-refractivity contribution in [2.75, 3.05) is 19.6 Å². The van der Waals surface area contributed by atoms with Crippen molar-refractivity contribution in [3.63, 3.8) is 0 Å². The highest BCUT2D eigenvalue weighted by atomic mass is 19.1. The molecule has 0 N–H and O–H groups in total. The second-order valence-corrected chi connectivity index (χ2v) is 9.77. The maximum atomic E-state index is 13.7. The second kappa shape index (κ2) is 13.2. The quantitative estimate of drug-likeness (QED) is 0.172. The minimum Gasteiger partial charge on any atom is -0.352 e. The molecule has 5 nitrogen and oxygen atoms in total. The number of hydrogen-bond acceptors (Lipinski definition) is 4. The van der Waals surface area contributed by atoms with Gasteiger partial charge in [-0.25, -0.2) is 14.4 Å². The van der Waals surface area contributed by atoms with Crippen molar-refractivity contribution in [1.29, 1.82) is 5.26 Å². The molecule has 0 fully saturated rings. The first-order valence-corrected chi connectivity index (χ1v) is 13.7. The maximum absolute atomic E-state index is 13.7. The Bertz CT molecular complexity index is 1470. The van der Waals surface area contributed by atoms with Crippen LogP contribution in [0.15, 0.2) is 65.7 Å². The van der Waals surface area contributed by atoms with Gasteiger partial charge in [0.25, 0.3) is 0 Å². The molecule has 2 aromatic rings. The number of amidine groups is 1. The first-order valence-electron chi connectivity index (χ1n) is 13.7. The molecule has 0 aliphatic carbocycles. The molecule has 1 unspecified atom stereocenters. The lowest BCUT2D eigenvalue weighted by Crippen LogP contribution is -2.52. The molecule has 1 aliphatic rings. The van der Waals surface area contributed by atoms with Crippen molar-refractivity contribution >= 4 is 28.5 Å². The molecular weight excluding hydrogens is 485 g/mol. The van der Waals surface area contributed by atoms with Crippen molar-refractivity contribution in [2.45, 2.75) is 54.9 Å². The Morgan fingerprint density at radius 3 is 2.46 bits per heavy atom. The van der Waals surface area contributed by atoms with Crippen molar-refractivity contribution in [1.82, 2.24) is 14.8 Å². The topological polar surface area (TPSA) is 55.5 Å². The van der Waals surface area contributed by atoms with E-state index < -0.39 is 0 Å². The standard InChI is InChI=1S/C33H40FN5/c1-9-22(6)32(37-30(23(7)20-35)26-14-16-27(34)17-15-26)39(13-5)33-31-28(24(8)21-38(33)12-4)18-19-29(36-31)25(10-2)11-3/h10-11,14-19,22H,2,9,12-13,21H2,1,3-8H3/b25-11+,30-23+,37-32+. The zero-order valence-electron chi connectivity index (χ0n) is 24.3. The Morgan fingerprint density at radius 2 is 1.92 bits per heavy atom. The molecule has 0 spiro atoms. The summed E-state index contributed by atoms with van der Waals surface area (Å²) in [5, 5.41) is 11.9. The molecule has 204 valence electrons. The first-order chi connectivity index (χ1) is 18.7. The van der Waals surface area contributed by atoms with Gasteiger partial charge in [0.05, 0.1) is 23.0 Å². The third-order valence-corrected chi connectivity index (χ3v) is 7.27. The van der Waals surface area contributed by atoms with Gasteiger partial charge in [0, 0.05) is 36.3 Å². The number of nitrogens with zero attached hydrogens (tertiary/aromatic N) is 5. The number of aliphatic imine (C=N–C) groups is 1. The van der Waals surface area contributed by atoms with Gasteiger partial charge in [-0.05, 0) is 82.5 Å². The predicted octanol–water partition coefficient (Wildman–Crippen LogP) is 6.10. The lowest BCUT2D eigenvalue weighted by molar-refractivity contribution is 0.367. The van der Waals surface area contributed by atoms with Crippen LogP contribution in [-0.2, 0) is 0 Å². The van der Waals surface area contributed by atoms with Crippen molar-refractivity contribution < 1.29 is 4.39 Å². The van der Waals surface area contributed by atoms with Gasteiger partial charge in [0.1, 0.15) is 22.8 Å².